The number of anilines is 2. The Bertz CT molecular complexity index is 1200. The molecule has 0 bridgehead atoms. The lowest BCUT2D eigenvalue weighted by Gasteiger charge is -2.22. The van der Waals surface area contributed by atoms with Crippen LogP contribution < -0.4 is 15.8 Å². The Morgan fingerprint density at radius 3 is 2.74 bits per heavy atom. The quantitative estimate of drug-likeness (QED) is 0.688. The van der Waals surface area contributed by atoms with E-state index >= 15 is 0 Å². The van der Waals surface area contributed by atoms with Crippen molar-refractivity contribution in [2.24, 2.45) is 0 Å². The Balaban J connectivity index is 1.49. The smallest absolute Gasteiger partial charge is 0.278 e. The molecule has 158 valence electrons. The average molecular weight is 417 g/mol. The van der Waals surface area contributed by atoms with E-state index in [1.165, 1.54) is 12.1 Å². The van der Waals surface area contributed by atoms with E-state index in [1.807, 2.05) is 44.2 Å². The molecule has 0 aliphatic carbocycles. The molecule has 0 saturated carbocycles. The molecule has 1 atom stereocenters. The third-order valence-electron chi connectivity index (χ3n) is 5.33. The molecule has 4 rings (SSSR count). The maximum atomic E-state index is 13.2. The Labute approximate surface area is 179 Å². The molecule has 2 aromatic heterocycles. The van der Waals surface area contributed by atoms with E-state index in [4.69, 9.17) is 0 Å². The molecule has 31 heavy (non-hydrogen) atoms. The number of aromatic nitrogens is 3. The number of carbonyl (C=O) groups is 2. The minimum absolute atomic E-state index is 0.000493. The van der Waals surface area contributed by atoms with Gasteiger partial charge in [-0.25, -0.2) is 9.67 Å². The van der Waals surface area contributed by atoms with Gasteiger partial charge >= 0.3 is 0 Å². The van der Waals surface area contributed by atoms with Crippen LogP contribution in [-0.2, 0) is 17.8 Å². The summed E-state index contributed by atoms with van der Waals surface area (Å²) in [5.74, 6) is -0.0625. The molecular formula is C23H23N5O3. The lowest BCUT2D eigenvalue weighted by molar-refractivity contribution is -0.116. The number of rotatable bonds is 5. The molecule has 0 unspecified atom stereocenters. The largest absolute Gasteiger partial charge is 0.310 e. The third-order valence-corrected chi connectivity index (χ3v) is 5.33. The van der Waals surface area contributed by atoms with Crippen LogP contribution in [0, 0.1) is 6.92 Å². The van der Waals surface area contributed by atoms with Crippen molar-refractivity contribution in [2.75, 3.05) is 10.2 Å². The number of benzene rings is 1. The first-order valence-electron chi connectivity index (χ1n) is 10.1. The summed E-state index contributed by atoms with van der Waals surface area (Å²) in [4.78, 5) is 43.5. The van der Waals surface area contributed by atoms with Gasteiger partial charge in [-0.3, -0.25) is 14.4 Å². The second-order valence-corrected chi connectivity index (χ2v) is 7.60. The number of fused-ring (bicyclic) bond motifs is 1. The molecule has 0 spiro atoms. The van der Waals surface area contributed by atoms with Gasteiger partial charge in [0, 0.05) is 30.4 Å². The van der Waals surface area contributed by atoms with Crippen LogP contribution in [0.15, 0.2) is 59.5 Å². The van der Waals surface area contributed by atoms with Crippen LogP contribution in [0.1, 0.15) is 35.0 Å². The zero-order valence-electron chi connectivity index (χ0n) is 17.4. The number of nitrogens with one attached hydrogen (secondary N) is 1. The zero-order valence-corrected chi connectivity index (χ0v) is 17.4. The van der Waals surface area contributed by atoms with Crippen LogP contribution >= 0.6 is 0 Å². The molecule has 1 aliphatic heterocycles. The molecule has 8 nitrogen and oxygen atoms in total. The molecule has 1 aromatic carbocycles. The second-order valence-electron chi connectivity index (χ2n) is 7.60. The zero-order chi connectivity index (χ0) is 22.0. The van der Waals surface area contributed by atoms with Crippen LogP contribution in [0.5, 0.6) is 0 Å². The normalized spacial score (nSPS) is 14.9. The van der Waals surface area contributed by atoms with Crippen LogP contribution in [0.2, 0.25) is 0 Å². The summed E-state index contributed by atoms with van der Waals surface area (Å²) >= 11 is 0. The van der Waals surface area contributed by atoms with Crippen LogP contribution in [-0.4, -0.2) is 32.6 Å². The monoisotopic (exact) mass is 417 g/mol. The van der Waals surface area contributed by atoms with E-state index in [9.17, 15) is 14.4 Å². The molecule has 1 aliphatic rings. The number of amides is 2. The van der Waals surface area contributed by atoms with Gasteiger partial charge in [-0.05, 0) is 49.6 Å². The van der Waals surface area contributed by atoms with Gasteiger partial charge < -0.3 is 10.2 Å². The fourth-order valence-electron chi connectivity index (χ4n) is 3.74. The summed E-state index contributed by atoms with van der Waals surface area (Å²) in [6.07, 6.45) is 2.40. The summed E-state index contributed by atoms with van der Waals surface area (Å²) in [6, 6.07) is 14.2. The van der Waals surface area contributed by atoms with Gasteiger partial charge in [0.1, 0.15) is 11.5 Å². The minimum Gasteiger partial charge on any atom is -0.310 e. The summed E-state index contributed by atoms with van der Waals surface area (Å²) < 4.78 is 1.16. The van der Waals surface area contributed by atoms with E-state index in [1.54, 1.807) is 17.2 Å². The summed E-state index contributed by atoms with van der Waals surface area (Å²) in [7, 11) is 0. The van der Waals surface area contributed by atoms with E-state index < -0.39 is 0 Å². The van der Waals surface area contributed by atoms with Crippen LogP contribution in [0.25, 0.3) is 0 Å². The van der Waals surface area contributed by atoms with E-state index in [-0.39, 0.29) is 42.1 Å². The van der Waals surface area contributed by atoms with Crippen molar-refractivity contribution in [1.29, 1.82) is 0 Å². The number of para-hydroxylation sites is 1. The number of aryl methyl sites for hydroxylation is 2. The van der Waals surface area contributed by atoms with Gasteiger partial charge in [0.15, 0.2) is 0 Å². The molecule has 0 fully saturated rings. The Kier molecular flexibility index (Phi) is 5.62. The molecule has 8 heteroatoms. The van der Waals surface area contributed by atoms with Gasteiger partial charge in [0.25, 0.3) is 11.5 Å². The van der Waals surface area contributed by atoms with Crippen molar-refractivity contribution in [2.45, 2.75) is 39.3 Å². The molecule has 1 N–H and O–H groups in total. The van der Waals surface area contributed by atoms with Crippen molar-refractivity contribution in [3.05, 3.63) is 81.9 Å². The van der Waals surface area contributed by atoms with Gasteiger partial charge in [-0.15, -0.1) is 0 Å². The lowest BCUT2D eigenvalue weighted by Crippen LogP contribution is -2.37. The Hall–Kier alpha value is -3.81. The topological polar surface area (TPSA) is 97.2 Å². The van der Waals surface area contributed by atoms with Gasteiger partial charge in [-0.2, -0.15) is 5.10 Å². The van der Waals surface area contributed by atoms with E-state index in [0.29, 0.717) is 5.82 Å². The molecule has 2 amide bonds. The number of carbonyl (C=O) groups excluding carboxylic acids is 2. The highest BCUT2D eigenvalue weighted by atomic mass is 16.2. The van der Waals surface area contributed by atoms with Gasteiger partial charge in [0.2, 0.25) is 5.91 Å². The van der Waals surface area contributed by atoms with Gasteiger partial charge in [-0.1, -0.05) is 24.3 Å². The van der Waals surface area contributed by atoms with E-state index in [2.05, 4.69) is 15.4 Å². The number of nitrogens with zero attached hydrogens (tertiary/aromatic N) is 4. The van der Waals surface area contributed by atoms with Crippen molar-refractivity contribution in [1.82, 2.24) is 14.8 Å². The maximum absolute atomic E-state index is 13.2. The molecular weight excluding hydrogens is 394 g/mol. The fraction of sp³-hybridized carbons (Fsp3) is 0.261. The predicted molar refractivity (Wildman–Crippen MR) is 117 cm³/mol. The Morgan fingerprint density at radius 2 is 1.94 bits per heavy atom. The highest BCUT2D eigenvalue weighted by Crippen LogP contribution is 2.32. The van der Waals surface area contributed by atoms with Crippen LogP contribution in [0.4, 0.5) is 11.5 Å². The summed E-state index contributed by atoms with van der Waals surface area (Å²) in [5.41, 5.74) is 2.62. The van der Waals surface area contributed by atoms with Crippen molar-refractivity contribution >= 4 is 23.3 Å². The first-order valence-corrected chi connectivity index (χ1v) is 10.1. The van der Waals surface area contributed by atoms with Gasteiger partial charge in [0.05, 0.1) is 6.54 Å². The third kappa shape index (κ3) is 4.23. The highest BCUT2D eigenvalue weighted by molar-refractivity contribution is 6.06. The molecule has 3 aromatic rings. The molecule has 0 radical (unpaired) electrons. The fourth-order valence-corrected chi connectivity index (χ4v) is 3.74. The SMILES string of the molecule is Cc1cccnc1NC(=O)CCn1nc(C(=O)N2c3ccccc3C[C@H]2C)ccc1=O. The number of hydrogen-bond donors (Lipinski definition) is 1. The van der Waals surface area contributed by atoms with Crippen molar-refractivity contribution in [3.8, 4) is 0 Å². The van der Waals surface area contributed by atoms with E-state index in [0.717, 1.165) is 27.9 Å². The lowest BCUT2D eigenvalue weighted by atomic mass is 10.1. The summed E-state index contributed by atoms with van der Waals surface area (Å²) in [6.45, 7) is 3.89. The average Bonchev–Trinajstić information content (AvgIpc) is 3.10. The number of pyridine rings is 1. The standard InChI is InChI=1S/C23H23N5O3/c1-15-6-5-12-24-22(15)25-20(29)11-13-27-21(30)10-9-18(26-27)23(31)28-16(2)14-17-7-3-4-8-19(17)28/h3-10,12,16H,11,13-14H2,1-2H3,(H,24,25,29)/t16-/m1/s1. The minimum atomic E-state index is -0.367. The van der Waals surface area contributed by atoms with Crippen molar-refractivity contribution < 1.29 is 9.59 Å². The predicted octanol–water partition coefficient (Wildman–Crippen LogP) is 2.57. The Morgan fingerprint density at radius 1 is 1.13 bits per heavy atom. The first kappa shape index (κ1) is 20.5. The summed E-state index contributed by atoms with van der Waals surface area (Å²) in [5, 5.41) is 6.97. The van der Waals surface area contributed by atoms with Crippen LogP contribution in [0.3, 0.4) is 0 Å². The number of hydrogen-bond acceptors (Lipinski definition) is 5. The molecule has 0 saturated heterocycles. The first-order chi connectivity index (χ1) is 14.9. The van der Waals surface area contributed by atoms with Crippen molar-refractivity contribution in [3.63, 3.8) is 0 Å². The highest BCUT2D eigenvalue weighted by Gasteiger charge is 2.32. The molecule has 3 heterocycles. The maximum Gasteiger partial charge on any atom is 0.278 e. The second kappa shape index (κ2) is 8.51.